The van der Waals surface area contributed by atoms with Crippen LogP contribution in [0.4, 0.5) is 5.82 Å². The molecule has 0 saturated carbocycles. The van der Waals surface area contributed by atoms with Crippen molar-refractivity contribution in [2.24, 2.45) is 5.10 Å². The molecule has 4 nitrogen and oxygen atoms in total. The van der Waals surface area contributed by atoms with Crippen LogP contribution in [0, 0.1) is 6.92 Å². The molecule has 0 atom stereocenters. The molecule has 3 aromatic carbocycles. The lowest BCUT2D eigenvalue weighted by molar-refractivity contribution is 0.618. The van der Waals surface area contributed by atoms with Gasteiger partial charge < -0.3 is 4.42 Å². The van der Waals surface area contributed by atoms with E-state index >= 15 is 0 Å². The highest BCUT2D eigenvalue weighted by atomic mass is 35.5. The summed E-state index contributed by atoms with van der Waals surface area (Å²) in [6, 6.07) is 27.6. The number of aryl methyl sites for hydroxylation is 1. The number of hydrogen-bond donors (Lipinski definition) is 1. The maximum Gasteiger partial charge on any atom is 0.146 e. The average Bonchev–Trinajstić information content (AvgIpc) is 2.78. The van der Waals surface area contributed by atoms with Crippen LogP contribution in [0.2, 0.25) is 5.02 Å². The van der Waals surface area contributed by atoms with E-state index in [0.717, 1.165) is 33.0 Å². The second-order valence-electron chi connectivity index (χ2n) is 7.12. The molecule has 0 radical (unpaired) electrons. The van der Waals surface area contributed by atoms with Crippen molar-refractivity contribution < 1.29 is 4.42 Å². The zero-order valence-electron chi connectivity index (χ0n) is 16.3. The third-order valence-electron chi connectivity index (χ3n) is 4.93. The van der Waals surface area contributed by atoms with Crippen LogP contribution >= 0.6 is 11.6 Å². The van der Waals surface area contributed by atoms with Gasteiger partial charge in [0.15, 0.2) is 0 Å². The van der Waals surface area contributed by atoms with E-state index in [1.54, 1.807) is 0 Å². The molecule has 0 saturated heterocycles. The van der Waals surface area contributed by atoms with Gasteiger partial charge in [0, 0.05) is 27.4 Å². The summed E-state index contributed by atoms with van der Waals surface area (Å²) < 4.78 is 6.13. The smallest absolute Gasteiger partial charge is 0.146 e. The first-order valence-electron chi connectivity index (χ1n) is 9.62. The first kappa shape index (κ1) is 18.4. The molecule has 5 aromatic rings. The number of pyridine rings is 1. The van der Waals surface area contributed by atoms with Crippen LogP contribution in [0.25, 0.3) is 33.2 Å². The molecule has 146 valence electrons. The zero-order valence-corrected chi connectivity index (χ0v) is 17.0. The molecule has 0 unspecified atom stereocenters. The summed E-state index contributed by atoms with van der Waals surface area (Å²) in [5, 5.41) is 7.89. The van der Waals surface area contributed by atoms with Gasteiger partial charge in [0.25, 0.3) is 0 Å². The first-order valence-corrected chi connectivity index (χ1v) is 9.99. The Morgan fingerprint density at radius 2 is 1.73 bits per heavy atom. The highest BCUT2D eigenvalue weighted by molar-refractivity contribution is 6.31. The third-order valence-corrected chi connectivity index (χ3v) is 5.17. The number of para-hydroxylation sites is 1. The lowest BCUT2D eigenvalue weighted by atomic mass is 10.1. The molecule has 5 heteroatoms. The van der Waals surface area contributed by atoms with Crippen LogP contribution < -0.4 is 10.8 Å². The number of rotatable bonds is 3. The van der Waals surface area contributed by atoms with E-state index < -0.39 is 0 Å². The largest absolute Gasteiger partial charge is 0.456 e. The summed E-state index contributed by atoms with van der Waals surface area (Å²) >= 11 is 6.23. The number of aromatic nitrogens is 1. The lowest BCUT2D eigenvalue weighted by Gasteiger charge is -2.07. The molecule has 0 aliphatic rings. The summed E-state index contributed by atoms with van der Waals surface area (Å²) in [6.07, 6.45) is 0. The summed E-state index contributed by atoms with van der Waals surface area (Å²) in [5.41, 5.74) is 6.88. The van der Waals surface area contributed by atoms with Crippen molar-refractivity contribution in [3.05, 3.63) is 101 Å². The Hall–Kier alpha value is -3.63. The van der Waals surface area contributed by atoms with Crippen molar-refractivity contribution in [1.29, 1.82) is 0 Å². The molecule has 0 bridgehead atoms. The summed E-state index contributed by atoms with van der Waals surface area (Å²) in [5.74, 6) is 1.40. The molecule has 30 heavy (non-hydrogen) atoms. The summed E-state index contributed by atoms with van der Waals surface area (Å²) in [6.45, 7) is 2.06. The van der Waals surface area contributed by atoms with Crippen LogP contribution in [0.5, 0.6) is 0 Å². The highest BCUT2D eigenvalue weighted by Crippen LogP contribution is 2.24. The number of nitrogens with zero attached hydrogens (tertiary/aromatic N) is 2. The Morgan fingerprint density at radius 3 is 2.60 bits per heavy atom. The molecule has 1 N–H and O–H groups in total. The molecular weight excluding hydrogens is 394 g/mol. The van der Waals surface area contributed by atoms with Crippen LogP contribution in [0.15, 0.2) is 94.4 Å². The zero-order chi connectivity index (χ0) is 20.5. The molecule has 0 spiro atoms. The van der Waals surface area contributed by atoms with Gasteiger partial charge in [-0.2, -0.15) is 5.10 Å². The van der Waals surface area contributed by atoms with Crippen molar-refractivity contribution in [3.8, 4) is 11.3 Å². The summed E-state index contributed by atoms with van der Waals surface area (Å²) in [4.78, 5) is 4.62. The Kier molecular flexibility index (Phi) is 4.69. The Bertz CT molecular complexity index is 1440. The fourth-order valence-electron chi connectivity index (χ4n) is 3.34. The molecule has 0 amide bonds. The summed E-state index contributed by atoms with van der Waals surface area (Å²) in [7, 11) is 0. The predicted octanol–water partition coefficient (Wildman–Crippen LogP) is 6.54. The molecule has 2 aromatic heterocycles. The number of nitrogens with one attached hydrogen (secondary N) is 1. The Labute approximate surface area is 178 Å². The highest BCUT2D eigenvalue weighted by Gasteiger charge is 2.07. The van der Waals surface area contributed by atoms with Gasteiger partial charge in [-0.05, 0) is 43.3 Å². The van der Waals surface area contributed by atoms with Gasteiger partial charge in [0.2, 0.25) is 0 Å². The van der Waals surface area contributed by atoms with E-state index in [1.165, 1.54) is 5.56 Å². The van der Waals surface area contributed by atoms with Crippen molar-refractivity contribution in [2.75, 3.05) is 5.43 Å². The SMILES string of the molecule is Cc1ccc(-c2cc(=NNc3ccc4ccccc4n3)c3cc(Cl)ccc3o2)cc1. The number of fused-ring (bicyclic) bond motifs is 2. The maximum absolute atomic E-state index is 6.23. The van der Waals surface area contributed by atoms with Crippen LogP contribution in [0.3, 0.4) is 0 Å². The standard InChI is InChI=1S/C25H18ClN3O/c1-16-6-8-18(9-7-16)24-15-22(20-14-19(26)11-12-23(20)30-24)28-29-25-13-10-17-4-2-3-5-21(17)27-25/h2-15H,1H3,(H,27,29). The van der Waals surface area contributed by atoms with Crippen LogP contribution in [-0.2, 0) is 0 Å². The van der Waals surface area contributed by atoms with Gasteiger partial charge in [0.1, 0.15) is 17.2 Å². The van der Waals surface area contributed by atoms with Gasteiger partial charge in [-0.3, -0.25) is 5.43 Å². The van der Waals surface area contributed by atoms with E-state index in [0.29, 0.717) is 16.4 Å². The van der Waals surface area contributed by atoms with E-state index in [9.17, 15) is 0 Å². The van der Waals surface area contributed by atoms with E-state index in [2.05, 4.69) is 34.6 Å². The van der Waals surface area contributed by atoms with Gasteiger partial charge in [-0.1, -0.05) is 59.6 Å². The minimum Gasteiger partial charge on any atom is -0.456 e. The average molecular weight is 412 g/mol. The van der Waals surface area contributed by atoms with Crippen LogP contribution in [-0.4, -0.2) is 4.98 Å². The molecule has 0 aliphatic heterocycles. The third kappa shape index (κ3) is 3.65. The molecule has 0 aliphatic carbocycles. The maximum atomic E-state index is 6.23. The second kappa shape index (κ2) is 7.65. The van der Waals surface area contributed by atoms with E-state index in [-0.39, 0.29) is 0 Å². The number of halogens is 1. The van der Waals surface area contributed by atoms with Gasteiger partial charge in [-0.15, -0.1) is 0 Å². The molecule has 2 heterocycles. The lowest BCUT2D eigenvalue weighted by Crippen LogP contribution is -2.08. The number of hydrogen-bond acceptors (Lipinski definition) is 4. The van der Waals surface area contributed by atoms with Gasteiger partial charge in [-0.25, -0.2) is 4.98 Å². The first-order chi connectivity index (χ1) is 14.7. The molecule has 5 rings (SSSR count). The Balaban J connectivity index is 1.63. The van der Waals surface area contributed by atoms with Gasteiger partial charge >= 0.3 is 0 Å². The molecular formula is C25H18ClN3O. The van der Waals surface area contributed by atoms with E-state index in [1.807, 2.05) is 72.8 Å². The van der Waals surface area contributed by atoms with Crippen LogP contribution in [0.1, 0.15) is 5.56 Å². The van der Waals surface area contributed by atoms with Crippen molar-refractivity contribution in [3.63, 3.8) is 0 Å². The minimum atomic E-state index is 0.626. The van der Waals surface area contributed by atoms with Crippen molar-refractivity contribution in [1.82, 2.24) is 4.98 Å². The molecule has 0 fully saturated rings. The van der Waals surface area contributed by atoms with Gasteiger partial charge in [0.05, 0.1) is 10.9 Å². The number of anilines is 1. The quantitative estimate of drug-likeness (QED) is 0.343. The normalized spacial score (nSPS) is 11.9. The number of benzene rings is 3. The van der Waals surface area contributed by atoms with Crippen molar-refractivity contribution in [2.45, 2.75) is 6.92 Å². The monoisotopic (exact) mass is 411 g/mol. The second-order valence-corrected chi connectivity index (χ2v) is 7.55. The fourth-order valence-corrected chi connectivity index (χ4v) is 3.51. The van der Waals surface area contributed by atoms with Crippen molar-refractivity contribution >= 4 is 39.3 Å². The Morgan fingerprint density at radius 1 is 0.900 bits per heavy atom. The predicted molar refractivity (Wildman–Crippen MR) is 122 cm³/mol. The fraction of sp³-hybridized carbons (Fsp3) is 0.0400. The van der Waals surface area contributed by atoms with E-state index in [4.69, 9.17) is 16.0 Å². The topological polar surface area (TPSA) is 50.4 Å². The minimum absolute atomic E-state index is 0.626.